The van der Waals surface area contributed by atoms with E-state index < -0.39 is 5.97 Å². The fourth-order valence-electron chi connectivity index (χ4n) is 4.35. The normalized spacial score (nSPS) is 28.7. The van der Waals surface area contributed by atoms with Gasteiger partial charge < -0.3 is 24.4 Å². The van der Waals surface area contributed by atoms with Crippen LogP contribution in [-0.4, -0.2) is 66.2 Å². The number of nitrogens with zero attached hydrogens (tertiary/aromatic N) is 1. The maximum absolute atomic E-state index is 10.8. The number of carbonyl (C=O) groups is 1. The van der Waals surface area contributed by atoms with Gasteiger partial charge in [-0.05, 0) is 43.4 Å². The summed E-state index contributed by atoms with van der Waals surface area (Å²) in [5.74, 6) is -0.347. The van der Waals surface area contributed by atoms with Crippen LogP contribution in [0.25, 0.3) is 0 Å². The molecular weight excluding hydrogens is 338 g/mol. The summed E-state index contributed by atoms with van der Waals surface area (Å²) < 4.78 is 16.6. The molecule has 3 atom stereocenters. The van der Waals surface area contributed by atoms with Crippen LogP contribution in [0.15, 0.2) is 18.2 Å². The van der Waals surface area contributed by atoms with Crippen LogP contribution < -0.4 is 4.74 Å². The fraction of sp³-hybridized carbons (Fsp3) is 0.632. The van der Waals surface area contributed by atoms with Crippen molar-refractivity contribution in [3.05, 3.63) is 23.8 Å². The van der Waals surface area contributed by atoms with Crippen LogP contribution in [0.5, 0.6) is 11.5 Å². The van der Waals surface area contributed by atoms with Crippen molar-refractivity contribution in [1.29, 1.82) is 0 Å². The van der Waals surface area contributed by atoms with Crippen molar-refractivity contribution in [2.75, 3.05) is 27.4 Å². The zero-order chi connectivity index (χ0) is 18.7. The largest absolute Gasteiger partial charge is 0.504 e. The third kappa shape index (κ3) is 3.79. The van der Waals surface area contributed by atoms with Crippen molar-refractivity contribution in [3.8, 4) is 11.5 Å². The molecule has 0 unspecified atom stereocenters. The van der Waals surface area contributed by atoms with Crippen molar-refractivity contribution in [3.63, 3.8) is 0 Å². The number of benzene rings is 1. The number of ether oxygens (including phenoxy) is 3. The van der Waals surface area contributed by atoms with Crippen LogP contribution in [-0.2, 0) is 20.8 Å². The van der Waals surface area contributed by atoms with Crippen LogP contribution in [0.3, 0.4) is 0 Å². The van der Waals surface area contributed by atoms with Gasteiger partial charge in [0.05, 0.1) is 18.8 Å². The van der Waals surface area contributed by atoms with Gasteiger partial charge in [0, 0.05) is 26.2 Å². The highest BCUT2D eigenvalue weighted by atomic mass is 16.5. The lowest BCUT2D eigenvalue weighted by Crippen LogP contribution is -2.51. The van der Waals surface area contributed by atoms with E-state index in [4.69, 9.17) is 19.3 Å². The Kier molecular flexibility index (Phi) is 5.70. The molecule has 0 amide bonds. The molecule has 0 aromatic heterocycles. The molecule has 0 spiro atoms. The number of phenolic OH excluding ortho intramolecular Hbond substituents is 1. The van der Waals surface area contributed by atoms with E-state index in [1.165, 1.54) is 7.11 Å². The number of carboxylic acids is 1. The Morgan fingerprint density at radius 1 is 1.35 bits per heavy atom. The van der Waals surface area contributed by atoms with Gasteiger partial charge in [0.25, 0.3) is 0 Å². The molecule has 1 aliphatic heterocycles. The summed E-state index contributed by atoms with van der Waals surface area (Å²) in [6.07, 6.45) is 3.31. The highest BCUT2D eigenvalue weighted by Gasteiger charge is 2.51. The molecular formula is C19H27NO6. The summed E-state index contributed by atoms with van der Waals surface area (Å²) in [5, 5.41) is 18.9. The van der Waals surface area contributed by atoms with Gasteiger partial charge in [0.1, 0.15) is 6.61 Å². The van der Waals surface area contributed by atoms with Crippen molar-refractivity contribution in [2.24, 2.45) is 0 Å². The number of fused-ring (bicyclic) bond motifs is 1. The Bertz CT molecular complexity index is 651. The molecule has 1 saturated heterocycles. The zero-order valence-corrected chi connectivity index (χ0v) is 15.3. The lowest BCUT2D eigenvalue weighted by Gasteiger charge is -2.43. The number of rotatable bonds is 7. The standard InChI is InChI=1S/C19H27NO6/c1-24-16-4-3-13(9-15(16)21)11-20-8-7-19(25-2)6-5-14(10-17(19)20)26-12-18(22)23/h3-4,9,14,17,21H,5-8,10-12H2,1-2H3,(H,22,23)/t14-,17+,19-/m1/s1. The van der Waals surface area contributed by atoms with Crippen molar-refractivity contribution < 1.29 is 29.2 Å². The van der Waals surface area contributed by atoms with E-state index in [1.807, 2.05) is 6.07 Å². The number of hydrogen-bond donors (Lipinski definition) is 2. The molecule has 7 nitrogen and oxygen atoms in total. The minimum Gasteiger partial charge on any atom is -0.504 e. The predicted molar refractivity (Wildman–Crippen MR) is 94.4 cm³/mol. The number of aromatic hydroxyl groups is 1. The smallest absolute Gasteiger partial charge is 0.329 e. The SMILES string of the molecule is COc1ccc(CN2CC[C@]3(OC)CC[C@@H](OCC(=O)O)C[C@H]23)cc1O. The summed E-state index contributed by atoms with van der Waals surface area (Å²) in [4.78, 5) is 13.1. The van der Waals surface area contributed by atoms with Gasteiger partial charge in [-0.15, -0.1) is 0 Å². The number of likely N-dealkylation sites (tertiary alicyclic amines) is 1. The first kappa shape index (κ1) is 18.9. The Morgan fingerprint density at radius 3 is 2.81 bits per heavy atom. The van der Waals surface area contributed by atoms with E-state index in [1.54, 1.807) is 19.2 Å². The number of phenols is 1. The van der Waals surface area contributed by atoms with E-state index in [0.717, 1.165) is 37.8 Å². The number of carboxylic acid groups (broad SMARTS) is 1. The molecule has 26 heavy (non-hydrogen) atoms. The second-order valence-electron chi connectivity index (χ2n) is 7.11. The van der Waals surface area contributed by atoms with Gasteiger partial charge in [-0.25, -0.2) is 4.79 Å². The molecule has 7 heteroatoms. The molecule has 2 aliphatic rings. The fourth-order valence-corrected chi connectivity index (χ4v) is 4.35. The van der Waals surface area contributed by atoms with Gasteiger partial charge in [-0.3, -0.25) is 4.90 Å². The third-order valence-electron chi connectivity index (χ3n) is 5.72. The first-order valence-corrected chi connectivity index (χ1v) is 8.96. The highest BCUT2D eigenvalue weighted by molar-refractivity contribution is 5.68. The van der Waals surface area contributed by atoms with E-state index in [9.17, 15) is 9.90 Å². The van der Waals surface area contributed by atoms with Crippen LogP contribution in [0.2, 0.25) is 0 Å². The third-order valence-corrected chi connectivity index (χ3v) is 5.72. The van der Waals surface area contributed by atoms with Crippen LogP contribution >= 0.6 is 0 Å². The number of hydrogen-bond acceptors (Lipinski definition) is 6. The predicted octanol–water partition coefficient (Wildman–Crippen LogP) is 2.01. The molecule has 1 heterocycles. The zero-order valence-electron chi connectivity index (χ0n) is 15.3. The molecule has 1 aromatic carbocycles. The van der Waals surface area contributed by atoms with Gasteiger partial charge in [0.15, 0.2) is 11.5 Å². The number of methoxy groups -OCH3 is 2. The molecule has 0 radical (unpaired) electrons. The summed E-state index contributed by atoms with van der Waals surface area (Å²) >= 11 is 0. The van der Waals surface area contributed by atoms with Gasteiger partial charge in [0.2, 0.25) is 0 Å². The van der Waals surface area contributed by atoms with Gasteiger partial charge >= 0.3 is 5.97 Å². The van der Waals surface area contributed by atoms with Gasteiger partial charge in [-0.2, -0.15) is 0 Å². The molecule has 0 bridgehead atoms. The lowest BCUT2D eigenvalue weighted by atomic mass is 9.79. The molecule has 144 valence electrons. The molecule has 2 fully saturated rings. The summed E-state index contributed by atoms with van der Waals surface area (Å²) in [6.45, 7) is 1.33. The summed E-state index contributed by atoms with van der Waals surface area (Å²) in [5.41, 5.74) is 0.807. The second kappa shape index (κ2) is 7.82. The van der Waals surface area contributed by atoms with Crippen molar-refractivity contribution in [2.45, 2.75) is 50.0 Å². The quantitative estimate of drug-likeness (QED) is 0.764. The molecule has 1 aliphatic carbocycles. The topological polar surface area (TPSA) is 88.5 Å². The van der Waals surface area contributed by atoms with E-state index in [2.05, 4.69) is 4.90 Å². The van der Waals surface area contributed by atoms with Crippen LogP contribution in [0.1, 0.15) is 31.2 Å². The summed E-state index contributed by atoms with van der Waals surface area (Å²) in [6, 6.07) is 5.62. The molecule has 1 aromatic rings. The van der Waals surface area contributed by atoms with E-state index in [0.29, 0.717) is 12.3 Å². The average Bonchev–Trinajstić information content (AvgIpc) is 2.98. The maximum atomic E-state index is 10.8. The van der Waals surface area contributed by atoms with Crippen LogP contribution in [0.4, 0.5) is 0 Å². The lowest BCUT2D eigenvalue weighted by molar-refractivity contribution is -0.148. The molecule has 2 N–H and O–H groups in total. The first-order chi connectivity index (χ1) is 12.5. The Hall–Kier alpha value is -1.83. The highest BCUT2D eigenvalue weighted by Crippen LogP contribution is 2.44. The molecule has 3 rings (SSSR count). The van der Waals surface area contributed by atoms with Crippen molar-refractivity contribution in [1.82, 2.24) is 4.90 Å². The first-order valence-electron chi connectivity index (χ1n) is 8.96. The van der Waals surface area contributed by atoms with Crippen LogP contribution in [0, 0.1) is 0 Å². The summed E-state index contributed by atoms with van der Waals surface area (Å²) in [7, 11) is 3.29. The molecule has 1 saturated carbocycles. The minimum absolute atomic E-state index is 0.0655. The Balaban J connectivity index is 1.71. The number of aliphatic carboxylic acids is 1. The van der Waals surface area contributed by atoms with E-state index in [-0.39, 0.29) is 30.1 Å². The Morgan fingerprint density at radius 2 is 2.15 bits per heavy atom. The Labute approximate surface area is 153 Å². The van der Waals surface area contributed by atoms with Gasteiger partial charge in [-0.1, -0.05) is 6.07 Å². The van der Waals surface area contributed by atoms with Crippen molar-refractivity contribution >= 4 is 5.97 Å². The second-order valence-corrected chi connectivity index (χ2v) is 7.11. The minimum atomic E-state index is -0.939. The van der Waals surface area contributed by atoms with E-state index >= 15 is 0 Å². The maximum Gasteiger partial charge on any atom is 0.329 e. The monoisotopic (exact) mass is 365 g/mol. The average molecular weight is 365 g/mol.